The molecule has 0 radical (unpaired) electrons. The van der Waals surface area contributed by atoms with Crippen LogP contribution in [0.3, 0.4) is 0 Å². The van der Waals surface area contributed by atoms with Gasteiger partial charge in [-0.2, -0.15) is 15.0 Å². The van der Waals surface area contributed by atoms with Gasteiger partial charge < -0.3 is 11.5 Å². The Morgan fingerprint density at radius 1 is 1.10 bits per heavy atom. The molecule has 0 saturated heterocycles. The van der Waals surface area contributed by atoms with E-state index < -0.39 is 0 Å². The van der Waals surface area contributed by atoms with E-state index in [-0.39, 0.29) is 11.9 Å². The summed E-state index contributed by atoms with van der Waals surface area (Å²) in [7, 11) is 0. The number of aromatic nitrogens is 4. The maximum atomic E-state index is 5.94. The van der Waals surface area contributed by atoms with Gasteiger partial charge in [0, 0.05) is 5.02 Å². The Kier molecular flexibility index (Phi) is 3.60. The van der Waals surface area contributed by atoms with Crippen LogP contribution in [0.2, 0.25) is 5.02 Å². The van der Waals surface area contributed by atoms with Crippen molar-refractivity contribution in [2.24, 2.45) is 0 Å². The molecule has 0 aliphatic heterocycles. The highest BCUT2D eigenvalue weighted by Crippen LogP contribution is 2.32. The van der Waals surface area contributed by atoms with Crippen molar-refractivity contribution < 1.29 is 0 Å². The first kappa shape index (κ1) is 13.3. The zero-order valence-electron chi connectivity index (χ0n) is 10.1. The Bertz CT molecular complexity index is 754. The number of nitrogen functional groups attached to an aromatic ring is 2. The summed E-state index contributed by atoms with van der Waals surface area (Å²) < 4.78 is 2.01. The molecule has 6 nitrogen and oxygen atoms in total. The SMILES string of the molecule is Nc1nc(N)nc(CSc2nc3cc(Cl)ccc3s2)n1. The molecule has 0 aliphatic rings. The minimum Gasteiger partial charge on any atom is -0.368 e. The standard InChI is InChI=1S/C11H9ClN6S2/c12-5-1-2-7-6(3-5)15-11(20-7)19-4-8-16-9(13)18-10(14)17-8/h1-3H,4H2,(H4,13,14,16,17,18). The van der Waals surface area contributed by atoms with Crippen molar-refractivity contribution in [1.29, 1.82) is 0 Å². The molecule has 4 N–H and O–H groups in total. The second kappa shape index (κ2) is 5.39. The van der Waals surface area contributed by atoms with E-state index in [9.17, 15) is 0 Å². The summed E-state index contributed by atoms with van der Waals surface area (Å²) in [5.74, 6) is 1.33. The Balaban J connectivity index is 1.79. The Morgan fingerprint density at radius 3 is 2.60 bits per heavy atom. The number of nitrogens with zero attached hydrogens (tertiary/aromatic N) is 4. The molecule has 0 amide bonds. The highest BCUT2D eigenvalue weighted by molar-refractivity contribution is 8.00. The van der Waals surface area contributed by atoms with E-state index >= 15 is 0 Å². The van der Waals surface area contributed by atoms with Crippen molar-refractivity contribution in [3.05, 3.63) is 29.0 Å². The highest BCUT2D eigenvalue weighted by atomic mass is 35.5. The van der Waals surface area contributed by atoms with Crippen LogP contribution in [0.15, 0.2) is 22.5 Å². The lowest BCUT2D eigenvalue weighted by Gasteiger charge is -1.99. The number of nitrogens with two attached hydrogens (primary N) is 2. The summed E-state index contributed by atoms with van der Waals surface area (Å²) >= 11 is 9.05. The molecule has 9 heteroatoms. The molecule has 3 rings (SSSR count). The van der Waals surface area contributed by atoms with E-state index in [0.29, 0.717) is 16.6 Å². The largest absolute Gasteiger partial charge is 0.368 e. The first-order valence-corrected chi connectivity index (χ1v) is 7.73. The average Bonchev–Trinajstić information content (AvgIpc) is 2.77. The lowest BCUT2D eigenvalue weighted by Crippen LogP contribution is -2.05. The molecule has 0 saturated carbocycles. The lowest BCUT2D eigenvalue weighted by atomic mass is 10.3. The summed E-state index contributed by atoms with van der Waals surface area (Å²) in [4.78, 5) is 16.3. The van der Waals surface area contributed by atoms with Crippen molar-refractivity contribution in [2.75, 3.05) is 11.5 Å². The summed E-state index contributed by atoms with van der Waals surface area (Å²) in [6.45, 7) is 0. The first-order valence-electron chi connectivity index (χ1n) is 5.55. The van der Waals surface area contributed by atoms with Gasteiger partial charge in [-0.05, 0) is 18.2 Å². The molecule has 20 heavy (non-hydrogen) atoms. The third-order valence-corrected chi connectivity index (χ3v) is 4.78. The molecule has 0 atom stereocenters. The van der Waals surface area contributed by atoms with E-state index in [4.69, 9.17) is 23.1 Å². The molecule has 2 aromatic heterocycles. The normalized spacial score (nSPS) is 11.1. The van der Waals surface area contributed by atoms with Crippen molar-refractivity contribution in [1.82, 2.24) is 19.9 Å². The van der Waals surface area contributed by atoms with Crippen molar-refractivity contribution in [3.8, 4) is 0 Å². The molecule has 0 spiro atoms. The van der Waals surface area contributed by atoms with Gasteiger partial charge in [0.15, 0.2) is 4.34 Å². The molecule has 0 unspecified atom stereocenters. The summed E-state index contributed by atoms with van der Waals surface area (Å²) in [5.41, 5.74) is 11.9. The van der Waals surface area contributed by atoms with Gasteiger partial charge >= 0.3 is 0 Å². The quantitative estimate of drug-likeness (QED) is 0.713. The van der Waals surface area contributed by atoms with Gasteiger partial charge in [-0.1, -0.05) is 23.4 Å². The summed E-state index contributed by atoms with van der Waals surface area (Å²) in [6.07, 6.45) is 0. The number of thiazole rings is 1. The van der Waals surface area contributed by atoms with E-state index in [0.717, 1.165) is 14.6 Å². The fraction of sp³-hybridized carbons (Fsp3) is 0.0909. The van der Waals surface area contributed by atoms with Crippen molar-refractivity contribution in [3.63, 3.8) is 0 Å². The number of hydrogen-bond acceptors (Lipinski definition) is 8. The smallest absolute Gasteiger partial charge is 0.225 e. The molecular formula is C11H9ClN6S2. The molecule has 0 fully saturated rings. The number of benzene rings is 1. The van der Waals surface area contributed by atoms with E-state index in [2.05, 4.69) is 19.9 Å². The van der Waals surface area contributed by atoms with Gasteiger partial charge in [0.2, 0.25) is 11.9 Å². The van der Waals surface area contributed by atoms with E-state index in [1.807, 2.05) is 18.2 Å². The number of halogens is 1. The second-order valence-corrected chi connectivity index (χ2v) is 6.54. The topological polar surface area (TPSA) is 104 Å². The molecule has 2 heterocycles. The van der Waals surface area contributed by atoms with Crippen LogP contribution in [0.1, 0.15) is 5.82 Å². The van der Waals surface area contributed by atoms with Crippen LogP contribution in [0.5, 0.6) is 0 Å². The predicted molar refractivity (Wildman–Crippen MR) is 82.8 cm³/mol. The summed E-state index contributed by atoms with van der Waals surface area (Å²) in [5, 5.41) is 0.678. The lowest BCUT2D eigenvalue weighted by molar-refractivity contribution is 0.987. The van der Waals surface area contributed by atoms with Crippen LogP contribution >= 0.6 is 34.7 Å². The van der Waals surface area contributed by atoms with Gasteiger partial charge in [-0.25, -0.2) is 4.98 Å². The molecule has 102 valence electrons. The van der Waals surface area contributed by atoms with Crippen LogP contribution in [0.4, 0.5) is 11.9 Å². The Morgan fingerprint density at radius 2 is 1.85 bits per heavy atom. The predicted octanol–water partition coefficient (Wildman–Crippen LogP) is 2.59. The van der Waals surface area contributed by atoms with Crippen LogP contribution in [-0.2, 0) is 5.75 Å². The van der Waals surface area contributed by atoms with Gasteiger partial charge in [0.05, 0.1) is 16.0 Å². The Hall–Kier alpha value is -1.64. The molecule has 0 bridgehead atoms. The maximum Gasteiger partial charge on any atom is 0.225 e. The number of thioether (sulfide) groups is 1. The second-order valence-electron chi connectivity index (χ2n) is 3.85. The monoisotopic (exact) mass is 324 g/mol. The fourth-order valence-corrected chi connectivity index (χ4v) is 3.66. The zero-order valence-corrected chi connectivity index (χ0v) is 12.5. The maximum absolute atomic E-state index is 5.94. The zero-order chi connectivity index (χ0) is 14.1. The Labute approximate surface area is 127 Å². The van der Waals surface area contributed by atoms with Crippen molar-refractivity contribution >= 4 is 56.8 Å². The number of anilines is 2. The molecule has 0 aliphatic carbocycles. The van der Waals surface area contributed by atoms with Crippen LogP contribution in [0.25, 0.3) is 10.2 Å². The molecule has 3 aromatic rings. The van der Waals surface area contributed by atoms with Crippen LogP contribution in [-0.4, -0.2) is 19.9 Å². The molecular weight excluding hydrogens is 316 g/mol. The minimum atomic E-state index is 0.129. The van der Waals surface area contributed by atoms with Gasteiger partial charge in [-0.3, -0.25) is 0 Å². The van der Waals surface area contributed by atoms with E-state index in [1.54, 1.807) is 11.3 Å². The highest BCUT2D eigenvalue weighted by Gasteiger charge is 2.08. The average molecular weight is 325 g/mol. The van der Waals surface area contributed by atoms with Gasteiger partial charge in [0.25, 0.3) is 0 Å². The number of fused-ring (bicyclic) bond motifs is 1. The third-order valence-electron chi connectivity index (χ3n) is 2.37. The number of hydrogen-bond donors (Lipinski definition) is 2. The minimum absolute atomic E-state index is 0.129. The first-order chi connectivity index (χ1) is 9.60. The van der Waals surface area contributed by atoms with Crippen LogP contribution in [0, 0.1) is 0 Å². The van der Waals surface area contributed by atoms with Gasteiger partial charge in [-0.15, -0.1) is 11.3 Å². The fourth-order valence-electron chi connectivity index (χ4n) is 1.59. The van der Waals surface area contributed by atoms with Crippen molar-refractivity contribution in [2.45, 2.75) is 10.1 Å². The molecule has 1 aromatic carbocycles. The number of rotatable bonds is 3. The van der Waals surface area contributed by atoms with E-state index in [1.165, 1.54) is 11.8 Å². The third kappa shape index (κ3) is 2.92. The van der Waals surface area contributed by atoms with Crippen LogP contribution < -0.4 is 11.5 Å². The summed E-state index contributed by atoms with van der Waals surface area (Å²) in [6, 6.07) is 5.65. The van der Waals surface area contributed by atoms with Gasteiger partial charge in [0.1, 0.15) is 5.82 Å².